The average Bonchev–Trinajstić information content (AvgIpc) is 2.94. The van der Waals surface area contributed by atoms with Crippen LogP contribution in [0.25, 0.3) is 0 Å². The minimum Gasteiger partial charge on any atom is -0.545 e. The first-order chi connectivity index (χ1) is 10.5. The zero-order valence-corrected chi connectivity index (χ0v) is 12.4. The van der Waals surface area contributed by atoms with E-state index < -0.39 is 17.8 Å². The molecule has 0 saturated heterocycles. The van der Waals surface area contributed by atoms with Gasteiger partial charge in [0, 0.05) is 5.56 Å². The third kappa shape index (κ3) is 3.50. The van der Waals surface area contributed by atoms with Gasteiger partial charge in [-0.2, -0.15) is 0 Å². The summed E-state index contributed by atoms with van der Waals surface area (Å²) in [6, 6.07) is 7.70. The molecule has 1 aromatic heterocycles. The van der Waals surface area contributed by atoms with Gasteiger partial charge >= 0.3 is 5.97 Å². The molecule has 0 aliphatic rings. The maximum Gasteiger partial charge on any atom is 0.350 e. The molecule has 0 bridgehead atoms. The largest absolute Gasteiger partial charge is 0.545 e. The summed E-state index contributed by atoms with van der Waals surface area (Å²) >= 11 is 1.15. The maximum absolute atomic E-state index is 12.0. The molecule has 0 saturated carbocycles. The third-order valence-corrected chi connectivity index (χ3v) is 3.79. The molecule has 0 radical (unpaired) electrons. The molecular weight excluding hydrogens is 306 g/mol. The summed E-state index contributed by atoms with van der Waals surface area (Å²) in [6.45, 7) is 0. The Morgan fingerprint density at radius 1 is 1.23 bits per heavy atom. The van der Waals surface area contributed by atoms with E-state index >= 15 is 0 Å². The number of rotatable bonds is 5. The van der Waals surface area contributed by atoms with Crippen molar-refractivity contribution >= 4 is 34.9 Å². The predicted octanol–water partition coefficient (Wildman–Crippen LogP) is 1.08. The van der Waals surface area contributed by atoms with E-state index in [-0.39, 0.29) is 16.9 Å². The highest BCUT2D eigenvalue weighted by molar-refractivity contribution is 7.12. The standard InChI is InChI=1S/C15H13NO5S/c1-21-15(20)13-11(6-7-22-13)16-12(17)8-9-4-2-3-5-10(9)14(18)19/h2-7H,8H2,1H3,(H,16,17)(H,18,19)/p-1. The Balaban J connectivity index is 2.13. The van der Waals surface area contributed by atoms with Crippen molar-refractivity contribution in [1.82, 2.24) is 0 Å². The van der Waals surface area contributed by atoms with Crippen LogP contribution in [0.5, 0.6) is 0 Å². The summed E-state index contributed by atoms with van der Waals surface area (Å²) in [6.07, 6.45) is -0.138. The van der Waals surface area contributed by atoms with E-state index in [4.69, 9.17) is 0 Å². The lowest BCUT2D eigenvalue weighted by atomic mass is 10.0. The van der Waals surface area contributed by atoms with Crippen molar-refractivity contribution in [2.75, 3.05) is 12.4 Å². The Kier molecular flexibility index (Phi) is 4.90. The van der Waals surface area contributed by atoms with Gasteiger partial charge in [0.2, 0.25) is 5.91 Å². The molecule has 1 heterocycles. The second-order valence-corrected chi connectivity index (χ2v) is 5.24. The smallest absolute Gasteiger partial charge is 0.350 e. The highest BCUT2D eigenvalue weighted by atomic mass is 32.1. The van der Waals surface area contributed by atoms with E-state index in [2.05, 4.69) is 10.1 Å². The van der Waals surface area contributed by atoms with E-state index in [1.807, 2.05) is 0 Å². The molecule has 2 rings (SSSR count). The van der Waals surface area contributed by atoms with Gasteiger partial charge in [-0.15, -0.1) is 11.3 Å². The van der Waals surface area contributed by atoms with Crippen molar-refractivity contribution in [2.45, 2.75) is 6.42 Å². The van der Waals surface area contributed by atoms with E-state index in [0.29, 0.717) is 11.3 Å². The summed E-state index contributed by atoms with van der Waals surface area (Å²) in [7, 11) is 1.25. The molecule has 0 spiro atoms. The van der Waals surface area contributed by atoms with Crippen molar-refractivity contribution in [3.05, 3.63) is 51.7 Å². The lowest BCUT2D eigenvalue weighted by Crippen LogP contribution is -2.25. The molecule has 114 valence electrons. The van der Waals surface area contributed by atoms with Gasteiger partial charge in [0.25, 0.3) is 0 Å². The van der Waals surface area contributed by atoms with Gasteiger partial charge in [0.15, 0.2) is 0 Å². The van der Waals surface area contributed by atoms with Crippen LogP contribution >= 0.6 is 11.3 Å². The first kappa shape index (κ1) is 15.7. The molecule has 22 heavy (non-hydrogen) atoms. The molecule has 0 aliphatic carbocycles. The number of carboxylic acid groups (broad SMARTS) is 1. The van der Waals surface area contributed by atoms with Crippen LogP contribution in [0.3, 0.4) is 0 Å². The summed E-state index contributed by atoms with van der Waals surface area (Å²) in [5.41, 5.74) is 0.652. The molecule has 6 nitrogen and oxygen atoms in total. The number of carboxylic acids is 1. The van der Waals surface area contributed by atoms with Gasteiger partial charge in [-0.1, -0.05) is 24.3 Å². The van der Waals surface area contributed by atoms with Crippen LogP contribution < -0.4 is 10.4 Å². The summed E-state index contributed by atoms with van der Waals surface area (Å²) < 4.78 is 4.62. The van der Waals surface area contributed by atoms with Crippen molar-refractivity contribution < 1.29 is 24.2 Å². The first-order valence-corrected chi connectivity index (χ1v) is 7.15. The minimum absolute atomic E-state index is 0.0313. The fourth-order valence-electron chi connectivity index (χ4n) is 1.90. The fraction of sp³-hybridized carbons (Fsp3) is 0.133. The normalized spacial score (nSPS) is 10.0. The third-order valence-electron chi connectivity index (χ3n) is 2.90. The van der Waals surface area contributed by atoms with Gasteiger partial charge < -0.3 is 20.0 Å². The number of anilines is 1. The van der Waals surface area contributed by atoms with Crippen LogP contribution in [0.1, 0.15) is 25.6 Å². The molecule has 0 atom stereocenters. The van der Waals surface area contributed by atoms with E-state index in [1.54, 1.807) is 29.6 Å². The van der Waals surface area contributed by atoms with Gasteiger partial charge in [-0.3, -0.25) is 4.79 Å². The summed E-state index contributed by atoms with van der Waals surface area (Å²) in [4.78, 5) is 34.9. The molecule has 7 heteroatoms. The van der Waals surface area contributed by atoms with Crippen molar-refractivity contribution in [1.29, 1.82) is 0 Å². The molecule has 1 amide bonds. The van der Waals surface area contributed by atoms with Crippen LogP contribution in [0.15, 0.2) is 35.7 Å². The number of aromatic carboxylic acids is 1. The predicted molar refractivity (Wildman–Crippen MR) is 78.8 cm³/mol. The number of carbonyl (C=O) groups excluding carboxylic acids is 3. The summed E-state index contributed by atoms with van der Waals surface area (Å²) in [5.74, 6) is -2.31. The number of carbonyl (C=O) groups is 3. The molecular formula is C15H12NO5S-. The van der Waals surface area contributed by atoms with Crippen LogP contribution in [0.4, 0.5) is 5.69 Å². The number of ether oxygens (including phenoxy) is 1. The number of hydrogen-bond donors (Lipinski definition) is 1. The Hall–Kier alpha value is -2.67. The zero-order chi connectivity index (χ0) is 16.1. The van der Waals surface area contributed by atoms with Crippen LogP contribution in [0.2, 0.25) is 0 Å². The summed E-state index contributed by atoms with van der Waals surface area (Å²) in [5, 5.41) is 15.2. The van der Waals surface area contributed by atoms with E-state index in [0.717, 1.165) is 11.3 Å². The molecule has 0 unspecified atom stereocenters. The maximum atomic E-state index is 12.0. The van der Waals surface area contributed by atoms with E-state index in [9.17, 15) is 19.5 Å². The zero-order valence-electron chi connectivity index (χ0n) is 11.6. The van der Waals surface area contributed by atoms with Gasteiger partial charge in [0.1, 0.15) is 4.88 Å². The van der Waals surface area contributed by atoms with E-state index in [1.165, 1.54) is 13.2 Å². The lowest BCUT2D eigenvalue weighted by Gasteiger charge is -2.10. The lowest BCUT2D eigenvalue weighted by molar-refractivity contribution is -0.255. The number of thiophene rings is 1. The second-order valence-electron chi connectivity index (χ2n) is 4.32. The molecule has 0 aliphatic heterocycles. The molecule has 1 N–H and O–H groups in total. The molecule has 2 aromatic rings. The Morgan fingerprint density at radius 2 is 1.95 bits per heavy atom. The minimum atomic E-state index is -1.34. The quantitative estimate of drug-likeness (QED) is 0.832. The highest BCUT2D eigenvalue weighted by Crippen LogP contribution is 2.23. The highest BCUT2D eigenvalue weighted by Gasteiger charge is 2.16. The molecule has 1 aromatic carbocycles. The van der Waals surface area contributed by atoms with Crippen LogP contribution in [0, 0.1) is 0 Å². The number of amides is 1. The number of nitrogens with one attached hydrogen (secondary N) is 1. The molecule has 0 fully saturated rings. The van der Waals surface area contributed by atoms with Gasteiger partial charge in [-0.05, 0) is 17.0 Å². The number of hydrogen-bond acceptors (Lipinski definition) is 6. The van der Waals surface area contributed by atoms with Crippen molar-refractivity contribution in [3.8, 4) is 0 Å². The Bertz CT molecular complexity index is 722. The topological polar surface area (TPSA) is 95.5 Å². The van der Waals surface area contributed by atoms with Gasteiger partial charge in [-0.25, -0.2) is 4.79 Å². The van der Waals surface area contributed by atoms with Crippen molar-refractivity contribution in [2.24, 2.45) is 0 Å². The second kappa shape index (κ2) is 6.86. The number of benzene rings is 1. The van der Waals surface area contributed by atoms with Crippen LogP contribution in [-0.4, -0.2) is 25.0 Å². The van der Waals surface area contributed by atoms with Crippen LogP contribution in [-0.2, 0) is 16.0 Å². The SMILES string of the molecule is COC(=O)c1sccc1NC(=O)Cc1ccccc1C(=O)[O-]. The van der Waals surface area contributed by atoms with Gasteiger partial charge in [0.05, 0.1) is 25.2 Å². The Morgan fingerprint density at radius 3 is 2.64 bits per heavy atom. The monoisotopic (exact) mass is 318 g/mol. The first-order valence-electron chi connectivity index (χ1n) is 6.28. The number of methoxy groups -OCH3 is 1. The van der Waals surface area contributed by atoms with Crippen molar-refractivity contribution in [3.63, 3.8) is 0 Å². The Labute approximate surface area is 130 Å². The average molecular weight is 318 g/mol. The fourth-order valence-corrected chi connectivity index (χ4v) is 2.67. The number of esters is 1.